The number of aromatic nitrogens is 3. The van der Waals surface area contributed by atoms with Crippen LogP contribution in [0.5, 0.6) is 5.75 Å². The van der Waals surface area contributed by atoms with Crippen LogP contribution in [0, 0.1) is 6.92 Å². The monoisotopic (exact) mass is 405 g/mol. The van der Waals surface area contributed by atoms with E-state index in [9.17, 15) is 0 Å². The molecule has 1 saturated heterocycles. The number of nitrogens with zero attached hydrogens (tertiary/aromatic N) is 5. The Bertz CT molecular complexity index is 759. The van der Waals surface area contributed by atoms with Crippen molar-refractivity contribution >= 4 is 17.8 Å². The molecule has 154 valence electrons. The Labute approximate surface area is 171 Å². The van der Waals surface area contributed by atoms with Crippen molar-refractivity contribution in [2.75, 3.05) is 44.4 Å². The molecular formula is C20H31N5O2S. The Balaban J connectivity index is 1.42. The highest BCUT2D eigenvalue weighted by molar-refractivity contribution is 7.98. The van der Waals surface area contributed by atoms with Gasteiger partial charge in [0.1, 0.15) is 12.4 Å². The number of piperidine rings is 1. The molecule has 2 aromatic rings. The summed E-state index contributed by atoms with van der Waals surface area (Å²) in [6.07, 6.45) is 6.02. The third-order valence-corrected chi connectivity index (χ3v) is 6.03. The van der Waals surface area contributed by atoms with Crippen LogP contribution in [0.25, 0.3) is 0 Å². The van der Waals surface area contributed by atoms with Crippen molar-refractivity contribution in [3.8, 4) is 5.75 Å². The molecule has 8 heteroatoms. The summed E-state index contributed by atoms with van der Waals surface area (Å²) in [7, 11) is 2.17. The van der Waals surface area contributed by atoms with E-state index >= 15 is 0 Å². The van der Waals surface area contributed by atoms with Crippen LogP contribution in [0.15, 0.2) is 21.8 Å². The predicted molar refractivity (Wildman–Crippen MR) is 113 cm³/mol. The number of hydrogen-bond acceptors (Lipinski definition) is 8. The summed E-state index contributed by atoms with van der Waals surface area (Å²) in [4.78, 5) is 13.5. The minimum Gasteiger partial charge on any atom is -0.491 e. The number of anilines is 1. The lowest BCUT2D eigenvalue weighted by Gasteiger charge is -2.35. The van der Waals surface area contributed by atoms with E-state index < -0.39 is 0 Å². The number of pyridine rings is 1. The van der Waals surface area contributed by atoms with Crippen LogP contribution in [-0.2, 0) is 0 Å². The van der Waals surface area contributed by atoms with Crippen molar-refractivity contribution in [1.29, 1.82) is 0 Å². The van der Waals surface area contributed by atoms with E-state index in [4.69, 9.17) is 9.26 Å². The Morgan fingerprint density at radius 1 is 1.36 bits per heavy atom. The maximum atomic E-state index is 5.91. The van der Waals surface area contributed by atoms with Gasteiger partial charge in [-0.25, -0.2) is 4.98 Å². The maximum absolute atomic E-state index is 5.91. The number of hydrogen-bond donors (Lipinski definition) is 0. The Kier molecular flexibility index (Phi) is 7.18. The third kappa shape index (κ3) is 5.17. The SMILES string of the molecule is CSc1ncc(OCCN(C)C2CCN(c3nc(C(C)C)no3)CC2)cc1C. The number of aryl methyl sites for hydroxylation is 1. The van der Waals surface area contributed by atoms with Crippen LogP contribution in [0.1, 0.15) is 44.0 Å². The molecule has 0 aromatic carbocycles. The van der Waals surface area contributed by atoms with Gasteiger partial charge in [-0.2, -0.15) is 4.98 Å². The quantitative estimate of drug-likeness (QED) is 0.617. The van der Waals surface area contributed by atoms with E-state index in [1.807, 2.05) is 12.5 Å². The second-order valence-electron chi connectivity index (χ2n) is 7.63. The zero-order valence-electron chi connectivity index (χ0n) is 17.5. The van der Waals surface area contributed by atoms with Crippen molar-refractivity contribution in [2.24, 2.45) is 0 Å². The Morgan fingerprint density at radius 3 is 2.71 bits per heavy atom. The van der Waals surface area contributed by atoms with E-state index in [0.717, 1.165) is 54.6 Å². The van der Waals surface area contributed by atoms with E-state index in [2.05, 4.69) is 58.8 Å². The third-order valence-electron chi connectivity index (χ3n) is 5.22. The van der Waals surface area contributed by atoms with Crippen LogP contribution in [0.3, 0.4) is 0 Å². The summed E-state index contributed by atoms with van der Waals surface area (Å²) < 4.78 is 11.3. The molecule has 0 unspecified atom stereocenters. The molecule has 1 fully saturated rings. The van der Waals surface area contributed by atoms with Gasteiger partial charge in [0.05, 0.1) is 11.2 Å². The van der Waals surface area contributed by atoms with E-state index in [1.54, 1.807) is 11.8 Å². The van der Waals surface area contributed by atoms with Gasteiger partial charge in [0.25, 0.3) is 0 Å². The van der Waals surface area contributed by atoms with E-state index in [1.165, 1.54) is 0 Å². The number of rotatable bonds is 8. The first kappa shape index (κ1) is 20.9. The molecule has 0 radical (unpaired) electrons. The topological polar surface area (TPSA) is 67.5 Å². The lowest BCUT2D eigenvalue weighted by atomic mass is 10.0. The zero-order chi connectivity index (χ0) is 20.1. The molecule has 2 aromatic heterocycles. The first-order valence-electron chi connectivity index (χ1n) is 9.90. The van der Waals surface area contributed by atoms with Gasteiger partial charge in [0.15, 0.2) is 5.82 Å². The van der Waals surface area contributed by atoms with E-state index in [-0.39, 0.29) is 5.92 Å². The zero-order valence-corrected chi connectivity index (χ0v) is 18.3. The molecule has 3 rings (SSSR count). The lowest BCUT2D eigenvalue weighted by molar-refractivity contribution is 0.168. The van der Waals surface area contributed by atoms with Gasteiger partial charge in [-0.15, -0.1) is 11.8 Å². The molecule has 7 nitrogen and oxygen atoms in total. The summed E-state index contributed by atoms with van der Waals surface area (Å²) in [5.41, 5.74) is 1.16. The Morgan fingerprint density at radius 2 is 2.11 bits per heavy atom. The van der Waals surface area contributed by atoms with Crippen LogP contribution < -0.4 is 9.64 Å². The summed E-state index contributed by atoms with van der Waals surface area (Å²) in [6, 6.07) is 3.27. The lowest BCUT2D eigenvalue weighted by Crippen LogP contribution is -2.44. The minimum absolute atomic E-state index is 0.289. The molecule has 1 aliphatic rings. The number of thioether (sulfide) groups is 1. The molecule has 0 atom stereocenters. The molecule has 3 heterocycles. The molecule has 0 bridgehead atoms. The second kappa shape index (κ2) is 9.60. The molecule has 0 aliphatic carbocycles. The standard InChI is InChI=1S/C20H31N5O2S/c1-14(2)18-22-20(27-23-18)25-8-6-16(7-9-25)24(4)10-11-26-17-12-15(3)19(28-5)21-13-17/h12-14,16H,6-11H2,1-5H3. The van der Waals surface area contributed by atoms with Crippen molar-refractivity contribution in [3.05, 3.63) is 23.7 Å². The van der Waals surface area contributed by atoms with Gasteiger partial charge in [0.2, 0.25) is 0 Å². The van der Waals surface area contributed by atoms with Crippen LogP contribution in [-0.4, -0.2) is 65.6 Å². The van der Waals surface area contributed by atoms with E-state index in [0.29, 0.717) is 18.7 Å². The second-order valence-corrected chi connectivity index (χ2v) is 8.43. The normalized spacial score (nSPS) is 15.6. The average molecular weight is 406 g/mol. The molecular weight excluding hydrogens is 374 g/mol. The molecule has 1 aliphatic heterocycles. The summed E-state index contributed by atoms with van der Waals surface area (Å²) in [5.74, 6) is 1.91. The fraction of sp³-hybridized carbons (Fsp3) is 0.650. The van der Waals surface area contributed by atoms with Gasteiger partial charge in [0, 0.05) is 31.6 Å². The minimum atomic E-state index is 0.289. The highest BCUT2D eigenvalue weighted by atomic mass is 32.2. The van der Waals surface area contributed by atoms with Gasteiger partial charge in [-0.3, -0.25) is 4.90 Å². The van der Waals surface area contributed by atoms with Crippen molar-refractivity contribution < 1.29 is 9.26 Å². The predicted octanol–water partition coefficient (Wildman–Crippen LogP) is 3.60. The smallest absolute Gasteiger partial charge is 0.324 e. The molecule has 0 N–H and O–H groups in total. The first-order chi connectivity index (χ1) is 13.5. The number of likely N-dealkylation sites (N-methyl/N-ethyl adjacent to an activating group) is 1. The van der Waals surface area contributed by atoms with Crippen molar-refractivity contribution in [2.45, 2.75) is 50.6 Å². The largest absolute Gasteiger partial charge is 0.491 e. The number of ether oxygens (including phenoxy) is 1. The fourth-order valence-electron chi connectivity index (χ4n) is 3.41. The summed E-state index contributed by atoms with van der Waals surface area (Å²) in [5, 5.41) is 5.12. The highest BCUT2D eigenvalue weighted by Gasteiger charge is 2.25. The summed E-state index contributed by atoms with van der Waals surface area (Å²) >= 11 is 1.66. The maximum Gasteiger partial charge on any atom is 0.324 e. The first-order valence-corrected chi connectivity index (χ1v) is 11.1. The van der Waals surface area contributed by atoms with Gasteiger partial charge < -0.3 is 14.2 Å². The van der Waals surface area contributed by atoms with Crippen LogP contribution in [0.2, 0.25) is 0 Å². The van der Waals surface area contributed by atoms with Crippen molar-refractivity contribution in [3.63, 3.8) is 0 Å². The van der Waals surface area contributed by atoms with Crippen LogP contribution in [0.4, 0.5) is 6.01 Å². The molecule has 28 heavy (non-hydrogen) atoms. The molecule has 0 amide bonds. The molecule has 0 spiro atoms. The van der Waals surface area contributed by atoms with Crippen molar-refractivity contribution in [1.82, 2.24) is 20.0 Å². The van der Waals surface area contributed by atoms with Crippen LogP contribution >= 0.6 is 11.8 Å². The Hall–Kier alpha value is -1.80. The van der Waals surface area contributed by atoms with Gasteiger partial charge >= 0.3 is 6.01 Å². The summed E-state index contributed by atoms with van der Waals surface area (Å²) in [6.45, 7) is 9.66. The van der Waals surface area contributed by atoms with Gasteiger partial charge in [-0.1, -0.05) is 19.0 Å². The average Bonchev–Trinajstić information content (AvgIpc) is 3.19. The highest BCUT2D eigenvalue weighted by Crippen LogP contribution is 2.23. The van der Waals surface area contributed by atoms with Gasteiger partial charge in [-0.05, 0) is 44.7 Å². The molecule has 0 saturated carbocycles. The fourth-order valence-corrected chi connectivity index (χ4v) is 3.95.